The highest BCUT2D eigenvalue weighted by Crippen LogP contribution is 2.20. The first-order valence-corrected chi connectivity index (χ1v) is 6.12. The van der Waals surface area contributed by atoms with Crippen molar-refractivity contribution in [1.82, 2.24) is 9.78 Å². The summed E-state index contributed by atoms with van der Waals surface area (Å²) in [5, 5.41) is 13.2. The summed E-state index contributed by atoms with van der Waals surface area (Å²) in [6.45, 7) is 10.6. The molecule has 0 saturated carbocycles. The lowest BCUT2D eigenvalue weighted by atomic mass is 10.1. The van der Waals surface area contributed by atoms with Crippen LogP contribution in [0.4, 0.5) is 0 Å². The third-order valence-electron chi connectivity index (χ3n) is 2.57. The van der Waals surface area contributed by atoms with Crippen LogP contribution < -0.4 is 0 Å². The minimum Gasteiger partial charge on any atom is -0.476 e. The van der Waals surface area contributed by atoms with E-state index >= 15 is 0 Å². The number of aromatic carboxylic acids is 1. The van der Waals surface area contributed by atoms with E-state index in [4.69, 9.17) is 5.11 Å². The third-order valence-corrected chi connectivity index (χ3v) is 2.57. The van der Waals surface area contributed by atoms with Gasteiger partial charge >= 0.3 is 5.97 Å². The summed E-state index contributed by atoms with van der Waals surface area (Å²) < 4.78 is 1.77. The fourth-order valence-corrected chi connectivity index (χ4v) is 1.79. The standard InChI is InChI=1S/C14H20N2O2/c1-5-7-11(6-2)13-8-12(14(17)18)15-16(13)9-10(3)4/h5,7-8,10H,1,6,9H2,2-4H3,(H,17,18)/b11-7+. The number of rotatable bonds is 6. The number of allylic oxidation sites excluding steroid dienone is 3. The lowest BCUT2D eigenvalue weighted by Crippen LogP contribution is -2.10. The average molecular weight is 248 g/mol. The second kappa shape index (κ2) is 6.19. The van der Waals surface area contributed by atoms with Crippen molar-refractivity contribution in [2.45, 2.75) is 33.7 Å². The predicted octanol–water partition coefficient (Wildman–Crippen LogP) is 3.22. The minimum absolute atomic E-state index is 0.0917. The Bertz CT molecular complexity index is 470. The molecule has 0 saturated heterocycles. The van der Waals surface area contributed by atoms with Crippen LogP contribution in [0, 0.1) is 5.92 Å². The van der Waals surface area contributed by atoms with E-state index in [-0.39, 0.29) is 5.69 Å². The second-order valence-corrected chi connectivity index (χ2v) is 4.58. The van der Waals surface area contributed by atoms with Gasteiger partial charge in [0.15, 0.2) is 5.69 Å². The lowest BCUT2D eigenvalue weighted by Gasteiger charge is -2.11. The van der Waals surface area contributed by atoms with Gasteiger partial charge in [0.2, 0.25) is 0 Å². The maximum atomic E-state index is 11.0. The van der Waals surface area contributed by atoms with Crippen LogP contribution in [0.1, 0.15) is 43.4 Å². The van der Waals surface area contributed by atoms with Crippen molar-refractivity contribution >= 4 is 11.5 Å². The van der Waals surface area contributed by atoms with E-state index in [1.165, 1.54) is 0 Å². The zero-order valence-electron chi connectivity index (χ0n) is 11.2. The molecular weight excluding hydrogens is 228 g/mol. The molecule has 1 aromatic rings. The number of carbonyl (C=O) groups is 1. The van der Waals surface area contributed by atoms with Crippen LogP contribution in [0.3, 0.4) is 0 Å². The van der Waals surface area contributed by atoms with Gasteiger partial charge in [-0.15, -0.1) is 0 Å². The molecule has 0 aliphatic rings. The zero-order valence-corrected chi connectivity index (χ0v) is 11.2. The highest BCUT2D eigenvalue weighted by Gasteiger charge is 2.15. The Labute approximate surface area is 108 Å². The van der Waals surface area contributed by atoms with Crippen LogP contribution in [-0.2, 0) is 6.54 Å². The first-order valence-electron chi connectivity index (χ1n) is 6.12. The van der Waals surface area contributed by atoms with Crippen LogP contribution in [0.2, 0.25) is 0 Å². The molecule has 0 bridgehead atoms. The van der Waals surface area contributed by atoms with Crippen LogP contribution in [0.15, 0.2) is 24.8 Å². The fourth-order valence-electron chi connectivity index (χ4n) is 1.79. The smallest absolute Gasteiger partial charge is 0.356 e. The highest BCUT2D eigenvalue weighted by molar-refractivity contribution is 5.86. The quantitative estimate of drug-likeness (QED) is 0.786. The molecule has 18 heavy (non-hydrogen) atoms. The topological polar surface area (TPSA) is 55.1 Å². The minimum atomic E-state index is -0.993. The second-order valence-electron chi connectivity index (χ2n) is 4.58. The Kier molecular flexibility index (Phi) is 4.89. The van der Waals surface area contributed by atoms with Crippen LogP contribution in [-0.4, -0.2) is 20.9 Å². The van der Waals surface area contributed by atoms with Gasteiger partial charge in [-0.2, -0.15) is 5.10 Å². The molecule has 0 amide bonds. The number of hydrogen-bond acceptors (Lipinski definition) is 2. The van der Waals surface area contributed by atoms with E-state index in [1.807, 2.05) is 13.0 Å². The molecule has 1 rings (SSSR count). The summed E-state index contributed by atoms with van der Waals surface area (Å²) >= 11 is 0. The van der Waals surface area contributed by atoms with E-state index in [1.54, 1.807) is 16.8 Å². The fraction of sp³-hybridized carbons (Fsp3) is 0.429. The number of carboxylic acid groups (broad SMARTS) is 1. The number of carboxylic acids is 1. The summed E-state index contributed by atoms with van der Waals surface area (Å²) in [6, 6.07) is 1.63. The Morgan fingerprint density at radius 1 is 1.61 bits per heavy atom. The summed E-state index contributed by atoms with van der Waals surface area (Å²) in [5.74, 6) is -0.583. The highest BCUT2D eigenvalue weighted by atomic mass is 16.4. The number of hydrogen-bond donors (Lipinski definition) is 1. The maximum Gasteiger partial charge on any atom is 0.356 e. The van der Waals surface area contributed by atoms with Crippen LogP contribution in [0.5, 0.6) is 0 Å². The molecule has 0 aliphatic heterocycles. The molecular formula is C14H20N2O2. The van der Waals surface area contributed by atoms with Gasteiger partial charge in [-0.05, 0) is 24.0 Å². The van der Waals surface area contributed by atoms with Gasteiger partial charge in [0, 0.05) is 6.54 Å². The third kappa shape index (κ3) is 3.32. The Hall–Kier alpha value is -1.84. The Morgan fingerprint density at radius 3 is 2.72 bits per heavy atom. The van der Waals surface area contributed by atoms with Gasteiger partial charge < -0.3 is 5.11 Å². The summed E-state index contributed by atoms with van der Waals surface area (Å²) in [6.07, 6.45) is 4.43. The number of nitrogens with zero attached hydrogens (tertiary/aromatic N) is 2. The maximum absolute atomic E-state index is 11.0. The van der Waals surface area contributed by atoms with Crippen molar-refractivity contribution in [3.8, 4) is 0 Å². The Morgan fingerprint density at radius 2 is 2.28 bits per heavy atom. The van der Waals surface area contributed by atoms with Crippen molar-refractivity contribution < 1.29 is 9.90 Å². The molecule has 0 spiro atoms. The molecule has 1 heterocycles. The molecule has 0 aromatic carbocycles. The summed E-state index contributed by atoms with van der Waals surface area (Å²) in [7, 11) is 0. The summed E-state index contributed by atoms with van der Waals surface area (Å²) in [4.78, 5) is 11.0. The molecule has 1 N–H and O–H groups in total. The monoisotopic (exact) mass is 248 g/mol. The molecule has 98 valence electrons. The molecule has 0 aliphatic carbocycles. The molecule has 4 nitrogen and oxygen atoms in total. The van der Waals surface area contributed by atoms with Crippen molar-refractivity contribution in [1.29, 1.82) is 0 Å². The molecule has 0 fully saturated rings. The van der Waals surface area contributed by atoms with Gasteiger partial charge in [0.1, 0.15) is 0 Å². The molecule has 4 heteroatoms. The number of aromatic nitrogens is 2. The zero-order chi connectivity index (χ0) is 13.7. The van der Waals surface area contributed by atoms with E-state index < -0.39 is 5.97 Å². The molecule has 0 unspecified atom stereocenters. The van der Waals surface area contributed by atoms with E-state index in [9.17, 15) is 4.79 Å². The SMILES string of the molecule is C=C/C=C(\CC)c1cc(C(=O)O)nn1CC(C)C. The van der Waals surface area contributed by atoms with Crippen LogP contribution in [0.25, 0.3) is 5.57 Å². The van der Waals surface area contributed by atoms with Crippen molar-refractivity contribution in [3.05, 3.63) is 36.2 Å². The molecule has 0 radical (unpaired) electrons. The van der Waals surface area contributed by atoms with Crippen LogP contribution >= 0.6 is 0 Å². The van der Waals surface area contributed by atoms with Gasteiger partial charge in [-0.1, -0.05) is 39.5 Å². The summed E-state index contributed by atoms with van der Waals surface area (Å²) in [5.41, 5.74) is 2.00. The van der Waals surface area contributed by atoms with Crippen molar-refractivity contribution in [3.63, 3.8) is 0 Å². The molecule has 1 aromatic heterocycles. The van der Waals surface area contributed by atoms with Gasteiger partial charge in [-0.3, -0.25) is 4.68 Å². The largest absolute Gasteiger partial charge is 0.476 e. The normalized spacial score (nSPS) is 11.9. The first-order chi connectivity index (χ1) is 8.49. The van der Waals surface area contributed by atoms with E-state index in [0.29, 0.717) is 12.5 Å². The van der Waals surface area contributed by atoms with Gasteiger partial charge in [0.05, 0.1) is 5.69 Å². The van der Waals surface area contributed by atoms with E-state index in [0.717, 1.165) is 17.7 Å². The molecule has 0 atom stereocenters. The lowest BCUT2D eigenvalue weighted by molar-refractivity contribution is 0.0689. The predicted molar refractivity (Wildman–Crippen MR) is 72.5 cm³/mol. The average Bonchev–Trinajstić information content (AvgIpc) is 2.69. The van der Waals surface area contributed by atoms with Crippen molar-refractivity contribution in [2.24, 2.45) is 5.92 Å². The van der Waals surface area contributed by atoms with Gasteiger partial charge in [0.25, 0.3) is 0 Å². The van der Waals surface area contributed by atoms with Gasteiger partial charge in [-0.25, -0.2) is 4.79 Å². The van der Waals surface area contributed by atoms with E-state index in [2.05, 4.69) is 25.5 Å². The van der Waals surface area contributed by atoms with Crippen molar-refractivity contribution in [2.75, 3.05) is 0 Å². The first kappa shape index (κ1) is 14.2. The Balaban J connectivity index is 3.25.